The lowest BCUT2D eigenvalue weighted by molar-refractivity contribution is 0.0582. The topological polar surface area (TPSA) is 130 Å². The predicted octanol–water partition coefficient (Wildman–Crippen LogP) is 5.75. The molecular weight excluding hydrogens is 584 g/mol. The van der Waals surface area contributed by atoms with E-state index in [-0.39, 0.29) is 36.4 Å². The Bertz CT molecular complexity index is 1600. The van der Waals surface area contributed by atoms with Crippen LogP contribution in [0.3, 0.4) is 0 Å². The fourth-order valence-corrected chi connectivity index (χ4v) is 5.45. The van der Waals surface area contributed by atoms with E-state index >= 15 is 0 Å². The second-order valence-electron chi connectivity index (χ2n) is 12.7. The van der Waals surface area contributed by atoms with Gasteiger partial charge in [-0.05, 0) is 84.1 Å². The zero-order valence-corrected chi connectivity index (χ0v) is 27.6. The molecule has 4 rings (SSSR count). The van der Waals surface area contributed by atoms with Gasteiger partial charge in [-0.25, -0.2) is 14.8 Å². The number of hydrogen-bond acceptors (Lipinski definition) is 9. The molecular formula is C35H44N6O5. The molecule has 244 valence electrons. The summed E-state index contributed by atoms with van der Waals surface area (Å²) in [5.41, 5.74) is 0.684. The van der Waals surface area contributed by atoms with Gasteiger partial charge in [-0.2, -0.15) is 5.26 Å². The van der Waals surface area contributed by atoms with Gasteiger partial charge >= 0.3 is 6.09 Å². The minimum Gasteiger partial charge on any atom is -0.489 e. The Kier molecular flexibility index (Phi) is 11.3. The van der Waals surface area contributed by atoms with Crippen LogP contribution < -0.4 is 15.0 Å². The molecule has 46 heavy (non-hydrogen) atoms. The number of nitrogens with zero attached hydrogens (tertiary/aromatic N) is 5. The number of ether oxygens (including phenoxy) is 3. The van der Waals surface area contributed by atoms with Crippen molar-refractivity contribution in [3.63, 3.8) is 0 Å². The van der Waals surface area contributed by atoms with Crippen LogP contribution in [0.15, 0.2) is 54.7 Å². The van der Waals surface area contributed by atoms with E-state index in [0.29, 0.717) is 40.9 Å². The van der Waals surface area contributed by atoms with Crippen molar-refractivity contribution in [1.29, 1.82) is 5.26 Å². The highest BCUT2D eigenvalue weighted by Gasteiger charge is 2.29. The number of rotatable bonds is 11. The van der Waals surface area contributed by atoms with Crippen LogP contribution in [0.2, 0.25) is 0 Å². The predicted molar refractivity (Wildman–Crippen MR) is 178 cm³/mol. The molecule has 2 amide bonds. The molecule has 1 aliphatic carbocycles. The first kappa shape index (κ1) is 34.3. The first-order valence-corrected chi connectivity index (χ1v) is 15.5. The van der Waals surface area contributed by atoms with E-state index in [1.54, 1.807) is 46.2 Å². The number of anilines is 1. The van der Waals surface area contributed by atoms with Gasteiger partial charge in [0.25, 0.3) is 5.91 Å². The maximum absolute atomic E-state index is 13.6. The van der Waals surface area contributed by atoms with E-state index in [1.165, 1.54) is 4.90 Å². The number of methoxy groups -OCH3 is 1. The molecule has 11 nitrogen and oxygen atoms in total. The molecule has 11 heteroatoms. The molecule has 0 atom stereocenters. The molecule has 1 fully saturated rings. The largest absolute Gasteiger partial charge is 0.489 e. The van der Waals surface area contributed by atoms with Crippen LogP contribution >= 0.6 is 0 Å². The summed E-state index contributed by atoms with van der Waals surface area (Å²) >= 11 is 0. The summed E-state index contributed by atoms with van der Waals surface area (Å²) in [4.78, 5) is 39.5. The van der Waals surface area contributed by atoms with E-state index in [9.17, 15) is 14.9 Å². The van der Waals surface area contributed by atoms with Gasteiger partial charge in [-0.1, -0.05) is 24.8 Å². The monoisotopic (exact) mass is 628 g/mol. The van der Waals surface area contributed by atoms with Crippen molar-refractivity contribution < 1.29 is 23.8 Å². The van der Waals surface area contributed by atoms with Gasteiger partial charge in [-0.15, -0.1) is 0 Å². The van der Waals surface area contributed by atoms with Crippen LogP contribution in [0.1, 0.15) is 56.9 Å². The normalized spacial score (nSPS) is 16.5. The minimum atomic E-state index is -0.795. The number of benzene rings is 2. The highest BCUT2D eigenvalue weighted by atomic mass is 16.6. The standard InChI is InChI=1S/C35H44N6O5/c1-23(21-36)22-41(34(43)46-35(2,3)4)31-28-20-25(9-8-24(28)10-15-30(31)45-19-18-44-7)32-37-17-16-29(39-32)33(42)38-26-11-13-27(14-12-26)40(5)6/h8-10,15-17,20,26-27H,1,11-14,18-19,22H2,2-7H3,(H,38,42)/t26-,27+. The lowest BCUT2D eigenvalue weighted by atomic mass is 9.90. The van der Waals surface area contributed by atoms with Crippen molar-refractivity contribution in [2.24, 2.45) is 0 Å². The van der Waals surface area contributed by atoms with Crippen molar-refractivity contribution in [3.8, 4) is 23.2 Å². The van der Waals surface area contributed by atoms with Crippen molar-refractivity contribution >= 4 is 28.5 Å². The number of aromatic nitrogens is 2. The van der Waals surface area contributed by atoms with Gasteiger partial charge in [-0.3, -0.25) is 9.69 Å². The van der Waals surface area contributed by atoms with Gasteiger partial charge in [0.15, 0.2) is 5.82 Å². The number of hydrogen-bond donors (Lipinski definition) is 1. The zero-order valence-electron chi connectivity index (χ0n) is 27.6. The van der Waals surface area contributed by atoms with Crippen molar-refractivity contribution in [1.82, 2.24) is 20.2 Å². The van der Waals surface area contributed by atoms with Crippen molar-refractivity contribution in [2.45, 2.75) is 64.1 Å². The molecule has 1 heterocycles. The Morgan fingerprint density at radius 3 is 2.46 bits per heavy atom. The number of nitrogens with one attached hydrogen (secondary N) is 1. The maximum Gasteiger partial charge on any atom is 0.415 e. The summed E-state index contributed by atoms with van der Waals surface area (Å²) in [6.07, 6.45) is 4.81. The highest BCUT2D eigenvalue weighted by molar-refractivity contribution is 6.06. The van der Waals surface area contributed by atoms with Gasteiger partial charge in [0.1, 0.15) is 23.7 Å². The summed E-state index contributed by atoms with van der Waals surface area (Å²) < 4.78 is 17.0. The van der Waals surface area contributed by atoms with Crippen molar-refractivity contribution in [3.05, 3.63) is 60.4 Å². The quantitative estimate of drug-likeness (QED) is 0.209. The molecule has 1 aromatic heterocycles. The first-order chi connectivity index (χ1) is 21.9. The second kappa shape index (κ2) is 15.2. The van der Waals surface area contributed by atoms with E-state index in [0.717, 1.165) is 31.1 Å². The number of amides is 2. The third-order valence-corrected chi connectivity index (χ3v) is 7.80. The van der Waals surface area contributed by atoms with E-state index in [2.05, 4.69) is 40.9 Å². The number of fused-ring (bicyclic) bond motifs is 1. The average Bonchev–Trinajstić information content (AvgIpc) is 3.02. The van der Waals surface area contributed by atoms with Crippen LogP contribution in [-0.2, 0) is 9.47 Å². The minimum absolute atomic E-state index is 0.101. The van der Waals surface area contributed by atoms with E-state index in [1.807, 2.05) is 30.3 Å². The number of carbonyl (C=O) groups excluding carboxylic acids is 2. The molecule has 1 aliphatic rings. The molecule has 1 saturated carbocycles. The van der Waals surface area contributed by atoms with E-state index < -0.39 is 11.7 Å². The number of carbonyl (C=O) groups is 2. The summed E-state index contributed by atoms with van der Waals surface area (Å²) in [6.45, 7) is 9.58. The summed E-state index contributed by atoms with van der Waals surface area (Å²) in [7, 11) is 5.76. The maximum atomic E-state index is 13.6. The molecule has 0 bridgehead atoms. The first-order valence-electron chi connectivity index (χ1n) is 15.5. The Balaban J connectivity index is 1.73. The molecule has 3 aromatic rings. The molecule has 0 unspecified atom stereocenters. The van der Waals surface area contributed by atoms with Crippen LogP contribution in [-0.4, -0.2) is 85.5 Å². The van der Waals surface area contributed by atoms with Gasteiger partial charge in [0, 0.05) is 41.9 Å². The molecule has 1 N–H and O–H groups in total. The highest BCUT2D eigenvalue weighted by Crippen LogP contribution is 2.39. The van der Waals surface area contributed by atoms with E-state index in [4.69, 9.17) is 14.2 Å². The van der Waals surface area contributed by atoms with Crippen LogP contribution in [0.5, 0.6) is 5.75 Å². The van der Waals surface area contributed by atoms with Gasteiger partial charge in [0.2, 0.25) is 0 Å². The summed E-state index contributed by atoms with van der Waals surface area (Å²) in [6, 6.07) is 13.5. The SMILES string of the molecule is C=C(C#N)CN(C(=O)OC(C)(C)C)c1c(OCCOC)ccc2ccc(-c3nccc(C(=O)N[C@H]4CC[C@@H](N(C)C)CC4)n3)cc12. The fraction of sp³-hybridized carbons (Fsp3) is 0.457. The zero-order chi connectivity index (χ0) is 33.4. The molecule has 0 aliphatic heterocycles. The van der Waals surface area contributed by atoms with Crippen LogP contribution in [0.25, 0.3) is 22.2 Å². The smallest absolute Gasteiger partial charge is 0.415 e. The van der Waals surface area contributed by atoms with Crippen LogP contribution in [0.4, 0.5) is 10.5 Å². The Labute approximate surface area is 271 Å². The summed E-state index contributed by atoms with van der Waals surface area (Å²) in [5, 5.41) is 14.2. The lowest BCUT2D eigenvalue weighted by Crippen LogP contribution is -2.42. The molecule has 2 aromatic carbocycles. The average molecular weight is 629 g/mol. The Hall–Kier alpha value is -4.53. The van der Waals surface area contributed by atoms with Gasteiger partial charge < -0.3 is 24.4 Å². The van der Waals surface area contributed by atoms with Crippen LogP contribution in [0, 0.1) is 11.3 Å². The molecule has 0 spiro atoms. The van der Waals surface area contributed by atoms with Gasteiger partial charge in [0.05, 0.1) is 24.9 Å². The van der Waals surface area contributed by atoms with Crippen molar-refractivity contribution in [2.75, 3.05) is 45.9 Å². The lowest BCUT2D eigenvalue weighted by Gasteiger charge is -2.32. The third kappa shape index (κ3) is 8.80. The second-order valence-corrected chi connectivity index (χ2v) is 12.7. The summed E-state index contributed by atoms with van der Waals surface area (Å²) in [5.74, 6) is 0.516. The Morgan fingerprint density at radius 1 is 1.09 bits per heavy atom. The third-order valence-electron chi connectivity index (χ3n) is 7.80. The molecule has 0 saturated heterocycles. The Morgan fingerprint density at radius 2 is 1.80 bits per heavy atom. The number of nitriles is 1. The fourth-order valence-electron chi connectivity index (χ4n) is 5.45. The molecule has 0 radical (unpaired) electrons.